The van der Waals surface area contributed by atoms with Crippen LogP contribution in [0.1, 0.15) is 22.8 Å². The van der Waals surface area contributed by atoms with E-state index in [0.717, 1.165) is 22.0 Å². The molecular formula is C15H15NO3. The number of hydrogen-bond donors (Lipinski definition) is 1. The summed E-state index contributed by atoms with van der Waals surface area (Å²) < 4.78 is 1.62. The van der Waals surface area contributed by atoms with Crippen LogP contribution >= 0.6 is 0 Å². The first-order chi connectivity index (χ1) is 8.90. The average molecular weight is 257 g/mol. The van der Waals surface area contributed by atoms with Crippen molar-refractivity contribution in [1.29, 1.82) is 0 Å². The minimum atomic E-state index is -0.970. The second kappa shape index (κ2) is 4.72. The van der Waals surface area contributed by atoms with Crippen LogP contribution in [0.4, 0.5) is 0 Å². The van der Waals surface area contributed by atoms with Crippen molar-refractivity contribution >= 4 is 16.9 Å². The Labute approximate surface area is 110 Å². The number of carboxylic acid groups (broad SMARTS) is 1. The summed E-state index contributed by atoms with van der Waals surface area (Å²) in [6.07, 6.45) is 0. The number of allylic oxidation sites excluding steroid dienone is 1. The first-order valence-corrected chi connectivity index (χ1v) is 5.92. The normalized spacial score (nSPS) is 10.6. The molecule has 4 heteroatoms. The van der Waals surface area contributed by atoms with Crippen LogP contribution in [-0.4, -0.2) is 15.6 Å². The van der Waals surface area contributed by atoms with E-state index < -0.39 is 5.97 Å². The summed E-state index contributed by atoms with van der Waals surface area (Å²) in [5.74, 6) is -0.970. The van der Waals surface area contributed by atoms with Crippen molar-refractivity contribution in [3.63, 3.8) is 0 Å². The van der Waals surface area contributed by atoms with Crippen LogP contribution in [0.5, 0.6) is 0 Å². The zero-order valence-electron chi connectivity index (χ0n) is 10.9. The average Bonchev–Trinajstić information content (AvgIpc) is 2.31. The summed E-state index contributed by atoms with van der Waals surface area (Å²) >= 11 is 0. The molecule has 0 aliphatic heterocycles. The maximum atomic E-state index is 11.9. The minimum absolute atomic E-state index is 0.110. The molecule has 0 spiro atoms. The number of hydrogen-bond acceptors (Lipinski definition) is 2. The summed E-state index contributed by atoms with van der Waals surface area (Å²) in [6, 6.07) is 6.28. The van der Waals surface area contributed by atoms with E-state index in [4.69, 9.17) is 5.11 Å². The zero-order chi connectivity index (χ0) is 14.2. The van der Waals surface area contributed by atoms with Gasteiger partial charge in [0, 0.05) is 12.6 Å². The Morgan fingerprint density at radius 1 is 1.37 bits per heavy atom. The minimum Gasteiger partial charge on any atom is -0.478 e. The van der Waals surface area contributed by atoms with Gasteiger partial charge in [-0.3, -0.25) is 4.79 Å². The molecule has 2 aromatic rings. The number of pyridine rings is 1. The molecule has 0 aliphatic carbocycles. The lowest BCUT2D eigenvalue weighted by molar-refractivity contribution is 0.0697. The monoisotopic (exact) mass is 257 g/mol. The van der Waals surface area contributed by atoms with Gasteiger partial charge in [0.25, 0.3) is 5.56 Å². The number of benzene rings is 1. The van der Waals surface area contributed by atoms with E-state index >= 15 is 0 Å². The highest BCUT2D eigenvalue weighted by atomic mass is 16.4. The Bertz CT molecular complexity index is 741. The smallest absolute Gasteiger partial charge is 0.335 e. The first kappa shape index (κ1) is 13.1. The van der Waals surface area contributed by atoms with Gasteiger partial charge in [-0.05, 0) is 43.0 Å². The maximum Gasteiger partial charge on any atom is 0.335 e. The summed E-state index contributed by atoms with van der Waals surface area (Å²) in [7, 11) is 0. The van der Waals surface area contributed by atoms with Crippen LogP contribution in [0, 0.1) is 6.92 Å². The van der Waals surface area contributed by atoms with Gasteiger partial charge in [-0.2, -0.15) is 0 Å². The zero-order valence-corrected chi connectivity index (χ0v) is 10.9. The van der Waals surface area contributed by atoms with Gasteiger partial charge in [-0.25, -0.2) is 4.79 Å². The molecule has 1 aromatic heterocycles. The largest absolute Gasteiger partial charge is 0.478 e. The van der Waals surface area contributed by atoms with Crippen LogP contribution in [0.3, 0.4) is 0 Å². The molecule has 0 aliphatic rings. The Balaban J connectivity index is 2.82. The predicted molar refractivity (Wildman–Crippen MR) is 74.7 cm³/mol. The highest BCUT2D eigenvalue weighted by molar-refractivity contribution is 5.94. The van der Waals surface area contributed by atoms with Crippen molar-refractivity contribution in [2.75, 3.05) is 0 Å². The van der Waals surface area contributed by atoms with Gasteiger partial charge < -0.3 is 9.67 Å². The summed E-state index contributed by atoms with van der Waals surface area (Å²) in [6.45, 7) is 7.92. The van der Waals surface area contributed by atoms with Gasteiger partial charge in [0.05, 0.1) is 11.1 Å². The number of nitrogens with zero attached hydrogens (tertiary/aromatic N) is 1. The molecule has 2 rings (SSSR count). The van der Waals surface area contributed by atoms with Crippen LogP contribution in [-0.2, 0) is 6.54 Å². The van der Waals surface area contributed by atoms with E-state index in [0.29, 0.717) is 6.54 Å². The van der Waals surface area contributed by atoms with Crippen LogP contribution in [0.2, 0.25) is 0 Å². The number of carboxylic acids is 1. The maximum absolute atomic E-state index is 11.9. The van der Waals surface area contributed by atoms with Crippen molar-refractivity contribution in [1.82, 2.24) is 4.57 Å². The molecule has 0 radical (unpaired) electrons. The molecule has 0 bridgehead atoms. The number of aryl methyl sites for hydroxylation is 1. The molecule has 0 unspecified atom stereocenters. The molecule has 1 heterocycles. The summed E-state index contributed by atoms with van der Waals surface area (Å²) in [5.41, 5.74) is 2.53. The van der Waals surface area contributed by atoms with Crippen molar-refractivity contribution in [3.8, 4) is 0 Å². The van der Waals surface area contributed by atoms with Crippen LogP contribution in [0.25, 0.3) is 10.9 Å². The third-order valence-electron chi connectivity index (χ3n) is 2.95. The fourth-order valence-corrected chi connectivity index (χ4v) is 2.21. The highest BCUT2D eigenvalue weighted by Gasteiger charge is 2.10. The Kier molecular flexibility index (Phi) is 3.25. The van der Waals surface area contributed by atoms with E-state index in [1.165, 1.54) is 6.07 Å². The molecule has 19 heavy (non-hydrogen) atoms. The topological polar surface area (TPSA) is 59.3 Å². The fraction of sp³-hybridized carbons (Fsp3) is 0.200. The van der Waals surface area contributed by atoms with Gasteiger partial charge >= 0.3 is 5.97 Å². The second-order valence-electron chi connectivity index (χ2n) is 4.75. The SMILES string of the molecule is C=C(C)Cn1c(=O)ccc2cc(C(=O)O)cc(C)c21. The third kappa shape index (κ3) is 2.42. The summed E-state index contributed by atoms with van der Waals surface area (Å²) in [4.78, 5) is 23.0. The quantitative estimate of drug-likeness (QED) is 0.860. The van der Waals surface area contributed by atoms with E-state index in [1.54, 1.807) is 22.8 Å². The number of aromatic nitrogens is 1. The van der Waals surface area contributed by atoms with Crippen LogP contribution < -0.4 is 5.56 Å². The molecular weight excluding hydrogens is 242 g/mol. The Morgan fingerprint density at radius 3 is 2.63 bits per heavy atom. The van der Waals surface area contributed by atoms with Gasteiger partial charge in [-0.15, -0.1) is 0 Å². The molecule has 0 amide bonds. The van der Waals surface area contributed by atoms with E-state index in [2.05, 4.69) is 6.58 Å². The summed E-state index contributed by atoms with van der Waals surface area (Å²) in [5, 5.41) is 9.80. The molecule has 1 N–H and O–H groups in total. The molecule has 0 fully saturated rings. The lowest BCUT2D eigenvalue weighted by atomic mass is 10.1. The molecule has 98 valence electrons. The fourth-order valence-electron chi connectivity index (χ4n) is 2.21. The molecule has 0 saturated carbocycles. The van der Waals surface area contributed by atoms with Crippen LogP contribution in [0.15, 0.2) is 41.2 Å². The van der Waals surface area contributed by atoms with E-state index in [1.807, 2.05) is 13.8 Å². The predicted octanol–water partition coefficient (Wildman–Crippen LogP) is 2.58. The first-order valence-electron chi connectivity index (χ1n) is 5.92. The Morgan fingerprint density at radius 2 is 2.05 bits per heavy atom. The Hall–Kier alpha value is -2.36. The van der Waals surface area contributed by atoms with Crippen molar-refractivity contribution < 1.29 is 9.90 Å². The van der Waals surface area contributed by atoms with Gasteiger partial charge in [0.2, 0.25) is 0 Å². The van der Waals surface area contributed by atoms with Gasteiger partial charge in [0.1, 0.15) is 0 Å². The molecule has 4 nitrogen and oxygen atoms in total. The van der Waals surface area contributed by atoms with Crippen molar-refractivity contribution in [2.24, 2.45) is 0 Å². The van der Waals surface area contributed by atoms with Crippen molar-refractivity contribution in [2.45, 2.75) is 20.4 Å². The van der Waals surface area contributed by atoms with Gasteiger partial charge in [0.15, 0.2) is 0 Å². The second-order valence-corrected chi connectivity index (χ2v) is 4.75. The lowest BCUT2D eigenvalue weighted by Crippen LogP contribution is -2.20. The molecule has 0 saturated heterocycles. The number of carbonyl (C=O) groups is 1. The standard InChI is InChI=1S/C15H15NO3/c1-9(2)8-16-13(17)5-4-11-7-12(15(18)19)6-10(3)14(11)16/h4-7H,1,8H2,2-3H3,(H,18,19). The van der Waals surface area contributed by atoms with E-state index in [9.17, 15) is 9.59 Å². The van der Waals surface area contributed by atoms with Crippen molar-refractivity contribution in [3.05, 3.63) is 57.9 Å². The molecule has 1 aromatic carbocycles. The highest BCUT2D eigenvalue weighted by Crippen LogP contribution is 2.20. The number of rotatable bonds is 3. The lowest BCUT2D eigenvalue weighted by Gasteiger charge is -2.13. The number of aromatic carboxylic acids is 1. The van der Waals surface area contributed by atoms with Gasteiger partial charge in [-0.1, -0.05) is 12.2 Å². The number of fused-ring (bicyclic) bond motifs is 1. The van der Waals surface area contributed by atoms with E-state index in [-0.39, 0.29) is 11.1 Å². The third-order valence-corrected chi connectivity index (χ3v) is 2.95. The molecule has 0 atom stereocenters.